The molecule has 1 unspecified atom stereocenters. The van der Waals surface area contributed by atoms with Crippen LogP contribution in [0.2, 0.25) is 0 Å². The fourth-order valence-corrected chi connectivity index (χ4v) is 2.43. The number of amides is 1. The number of pyridine rings is 1. The number of carbonyl (C=O) groups excluding carboxylic acids is 1. The molecule has 1 atom stereocenters. The maximum Gasteiger partial charge on any atom is 0.251 e. The number of hydrogen-bond donors (Lipinski definition) is 3. The van der Waals surface area contributed by atoms with Crippen molar-refractivity contribution in [1.82, 2.24) is 10.3 Å². The third-order valence-corrected chi connectivity index (χ3v) is 3.55. The lowest BCUT2D eigenvalue weighted by Crippen LogP contribution is -2.27. The van der Waals surface area contributed by atoms with Crippen molar-refractivity contribution in [2.75, 3.05) is 5.43 Å². The first kappa shape index (κ1) is 15.5. The summed E-state index contributed by atoms with van der Waals surface area (Å²) < 4.78 is 0.982. The summed E-state index contributed by atoms with van der Waals surface area (Å²) in [6.07, 6.45) is 0. The Balaban J connectivity index is 2.16. The van der Waals surface area contributed by atoms with Gasteiger partial charge in [0.1, 0.15) is 5.82 Å². The van der Waals surface area contributed by atoms with Crippen molar-refractivity contribution in [1.29, 1.82) is 0 Å². The topological polar surface area (TPSA) is 80.0 Å². The summed E-state index contributed by atoms with van der Waals surface area (Å²) in [5.74, 6) is 5.65. The Hall–Kier alpha value is -1.92. The van der Waals surface area contributed by atoms with Crippen LogP contribution in [0.15, 0.2) is 40.9 Å². The van der Waals surface area contributed by atoms with Crippen LogP contribution in [0.1, 0.15) is 34.6 Å². The molecule has 2 rings (SSSR count). The van der Waals surface area contributed by atoms with E-state index in [9.17, 15) is 4.79 Å². The third kappa shape index (κ3) is 4.03. The van der Waals surface area contributed by atoms with Gasteiger partial charge in [-0.15, -0.1) is 0 Å². The van der Waals surface area contributed by atoms with E-state index >= 15 is 0 Å². The predicted octanol–water partition coefficient (Wildman–Crippen LogP) is 2.93. The molecular formula is C15H17BrN4O. The van der Waals surface area contributed by atoms with Gasteiger partial charge >= 0.3 is 0 Å². The van der Waals surface area contributed by atoms with Gasteiger partial charge in [-0.2, -0.15) is 0 Å². The van der Waals surface area contributed by atoms with Crippen LogP contribution in [-0.2, 0) is 0 Å². The number of aromatic nitrogens is 1. The van der Waals surface area contributed by atoms with Gasteiger partial charge < -0.3 is 10.7 Å². The molecule has 1 aromatic carbocycles. The minimum Gasteiger partial charge on any atom is -0.346 e. The van der Waals surface area contributed by atoms with Gasteiger partial charge in [0.05, 0.1) is 6.04 Å². The first-order chi connectivity index (χ1) is 9.99. The molecule has 0 saturated carbocycles. The molecule has 6 heteroatoms. The van der Waals surface area contributed by atoms with Gasteiger partial charge in [-0.05, 0) is 43.7 Å². The summed E-state index contributed by atoms with van der Waals surface area (Å²) in [5, 5.41) is 2.96. The van der Waals surface area contributed by atoms with Crippen molar-refractivity contribution in [2.45, 2.75) is 19.9 Å². The van der Waals surface area contributed by atoms with E-state index < -0.39 is 0 Å². The SMILES string of the molecule is Cc1cc(C(=O)NC(C)c2cccc(Br)c2)cc(NN)n1. The Morgan fingerprint density at radius 2 is 2.10 bits per heavy atom. The van der Waals surface area contributed by atoms with Gasteiger partial charge in [0, 0.05) is 15.7 Å². The number of hydrogen-bond acceptors (Lipinski definition) is 4. The van der Waals surface area contributed by atoms with Crippen molar-refractivity contribution in [3.63, 3.8) is 0 Å². The Morgan fingerprint density at radius 3 is 2.76 bits per heavy atom. The quantitative estimate of drug-likeness (QED) is 0.586. The highest BCUT2D eigenvalue weighted by Gasteiger charge is 2.13. The maximum absolute atomic E-state index is 12.3. The van der Waals surface area contributed by atoms with E-state index in [0.717, 1.165) is 15.7 Å². The molecular weight excluding hydrogens is 332 g/mol. The third-order valence-electron chi connectivity index (χ3n) is 3.06. The van der Waals surface area contributed by atoms with Crippen LogP contribution in [0.3, 0.4) is 0 Å². The van der Waals surface area contributed by atoms with Crippen molar-refractivity contribution in [3.05, 3.63) is 57.7 Å². The van der Waals surface area contributed by atoms with E-state index in [4.69, 9.17) is 5.84 Å². The van der Waals surface area contributed by atoms with E-state index in [1.54, 1.807) is 12.1 Å². The Kier molecular flexibility index (Phi) is 4.93. The lowest BCUT2D eigenvalue weighted by molar-refractivity contribution is 0.0939. The molecule has 21 heavy (non-hydrogen) atoms. The Bertz CT molecular complexity index is 660. The van der Waals surface area contributed by atoms with Crippen LogP contribution in [0.5, 0.6) is 0 Å². The molecule has 4 N–H and O–H groups in total. The zero-order chi connectivity index (χ0) is 15.4. The molecule has 2 aromatic rings. The van der Waals surface area contributed by atoms with Gasteiger partial charge in [-0.3, -0.25) is 4.79 Å². The minimum absolute atomic E-state index is 0.0993. The second-order valence-electron chi connectivity index (χ2n) is 4.78. The highest BCUT2D eigenvalue weighted by Crippen LogP contribution is 2.18. The monoisotopic (exact) mass is 348 g/mol. The number of hydrazine groups is 1. The zero-order valence-corrected chi connectivity index (χ0v) is 13.4. The number of nitrogens with zero attached hydrogens (tertiary/aromatic N) is 1. The summed E-state index contributed by atoms with van der Waals surface area (Å²) in [7, 11) is 0. The molecule has 0 aliphatic heterocycles. The van der Waals surface area contributed by atoms with Crippen LogP contribution >= 0.6 is 15.9 Å². The number of nitrogens with one attached hydrogen (secondary N) is 2. The molecule has 1 amide bonds. The number of rotatable bonds is 4. The molecule has 0 aliphatic carbocycles. The molecule has 0 aliphatic rings. The lowest BCUT2D eigenvalue weighted by atomic mass is 10.1. The normalized spacial score (nSPS) is 11.8. The van der Waals surface area contributed by atoms with Crippen LogP contribution in [-0.4, -0.2) is 10.9 Å². The first-order valence-corrected chi connectivity index (χ1v) is 7.30. The average Bonchev–Trinajstić information content (AvgIpc) is 2.46. The number of halogens is 1. The van der Waals surface area contributed by atoms with E-state index in [1.807, 2.05) is 38.1 Å². The summed E-state index contributed by atoms with van der Waals surface area (Å²) >= 11 is 3.43. The Morgan fingerprint density at radius 1 is 1.33 bits per heavy atom. The first-order valence-electron chi connectivity index (χ1n) is 6.51. The number of carbonyl (C=O) groups is 1. The van der Waals surface area contributed by atoms with Crippen LogP contribution in [0, 0.1) is 6.92 Å². The van der Waals surface area contributed by atoms with Gasteiger partial charge in [0.15, 0.2) is 0 Å². The number of benzene rings is 1. The van der Waals surface area contributed by atoms with Crippen molar-refractivity contribution in [2.24, 2.45) is 5.84 Å². The summed E-state index contributed by atoms with van der Waals surface area (Å²) in [6.45, 7) is 3.76. The predicted molar refractivity (Wildman–Crippen MR) is 86.8 cm³/mol. The minimum atomic E-state index is -0.163. The zero-order valence-electron chi connectivity index (χ0n) is 11.9. The number of nitrogens with two attached hydrogens (primary N) is 1. The molecule has 1 heterocycles. The second kappa shape index (κ2) is 6.69. The van der Waals surface area contributed by atoms with Crippen molar-refractivity contribution in [3.8, 4) is 0 Å². The van der Waals surface area contributed by atoms with Crippen LogP contribution in [0.25, 0.3) is 0 Å². The lowest BCUT2D eigenvalue weighted by Gasteiger charge is -2.15. The highest BCUT2D eigenvalue weighted by atomic mass is 79.9. The van der Waals surface area contributed by atoms with Crippen molar-refractivity contribution < 1.29 is 4.79 Å². The van der Waals surface area contributed by atoms with E-state index in [1.165, 1.54) is 0 Å². The van der Waals surface area contributed by atoms with Gasteiger partial charge in [0.2, 0.25) is 0 Å². The van der Waals surface area contributed by atoms with Crippen LogP contribution in [0.4, 0.5) is 5.82 Å². The summed E-state index contributed by atoms with van der Waals surface area (Å²) in [5.41, 5.74) is 4.74. The van der Waals surface area contributed by atoms with Crippen LogP contribution < -0.4 is 16.6 Å². The smallest absolute Gasteiger partial charge is 0.251 e. The van der Waals surface area contributed by atoms with Gasteiger partial charge in [-0.25, -0.2) is 10.8 Å². The largest absolute Gasteiger partial charge is 0.346 e. The van der Waals surface area contributed by atoms with E-state index in [2.05, 4.69) is 31.7 Å². The van der Waals surface area contributed by atoms with Gasteiger partial charge in [0.25, 0.3) is 5.91 Å². The molecule has 110 valence electrons. The molecule has 0 bridgehead atoms. The van der Waals surface area contributed by atoms with E-state index in [0.29, 0.717) is 11.4 Å². The molecule has 1 aromatic heterocycles. The maximum atomic E-state index is 12.3. The molecule has 0 fully saturated rings. The fraction of sp³-hybridized carbons (Fsp3) is 0.200. The summed E-state index contributed by atoms with van der Waals surface area (Å²) in [6, 6.07) is 11.1. The summed E-state index contributed by atoms with van der Waals surface area (Å²) in [4.78, 5) is 16.5. The number of aryl methyl sites for hydroxylation is 1. The standard InChI is InChI=1S/C15H17BrN4O/c1-9-6-12(8-14(18-9)20-17)15(21)19-10(2)11-4-3-5-13(16)7-11/h3-8,10H,17H2,1-2H3,(H,18,20)(H,19,21). The average molecular weight is 349 g/mol. The number of anilines is 1. The van der Waals surface area contributed by atoms with E-state index in [-0.39, 0.29) is 11.9 Å². The second-order valence-corrected chi connectivity index (χ2v) is 5.69. The molecule has 5 nitrogen and oxygen atoms in total. The Labute approximate surface area is 132 Å². The van der Waals surface area contributed by atoms with Crippen molar-refractivity contribution >= 4 is 27.7 Å². The molecule has 0 saturated heterocycles. The highest BCUT2D eigenvalue weighted by molar-refractivity contribution is 9.10. The fourth-order valence-electron chi connectivity index (χ4n) is 2.01. The molecule has 0 spiro atoms. The van der Waals surface area contributed by atoms with Gasteiger partial charge in [-0.1, -0.05) is 28.1 Å². The number of nitrogen functional groups attached to an aromatic ring is 1. The molecule has 0 radical (unpaired) electrons.